The summed E-state index contributed by atoms with van der Waals surface area (Å²) in [6.07, 6.45) is 6.64. The number of hydrogen-bond donors (Lipinski definition) is 2. The number of fused-ring (bicyclic) bond motifs is 1. The van der Waals surface area contributed by atoms with Gasteiger partial charge in [-0.05, 0) is 54.5 Å². The molecule has 0 amide bonds. The Morgan fingerprint density at radius 1 is 1.00 bits per heavy atom. The molecule has 1 aliphatic rings. The summed E-state index contributed by atoms with van der Waals surface area (Å²) in [5, 5.41) is 11.7. The molecule has 4 aromatic rings. The summed E-state index contributed by atoms with van der Waals surface area (Å²) in [5.41, 5.74) is 2.08. The first-order valence-electron chi connectivity index (χ1n) is 13.2. The molecule has 0 spiro atoms. The zero-order chi connectivity index (χ0) is 27.2. The van der Waals surface area contributed by atoms with E-state index in [0.29, 0.717) is 5.56 Å². The van der Waals surface area contributed by atoms with Crippen LogP contribution in [0.15, 0.2) is 88.1 Å². The van der Waals surface area contributed by atoms with Crippen molar-refractivity contribution in [3.63, 3.8) is 0 Å². The Bertz CT molecular complexity index is 1500. The molecular weight excluding hydrogens is 549 g/mol. The lowest BCUT2D eigenvalue weighted by Gasteiger charge is -2.24. The maximum absolute atomic E-state index is 14.0. The van der Waals surface area contributed by atoms with Gasteiger partial charge in [-0.25, -0.2) is 13.4 Å². The van der Waals surface area contributed by atoms with E-state index in [9.17, 15) is 18.3 Å². The number of sulfone groups is 1. The van der Waals surface area contributed by atoms with Crippen molar-refractivity contribution < 1.29 is 18.3 Å². The lowest BCUT2D eigenvalue weighted by Crippen LogP contribution is -2.43. The largest absolute Gasteiger partial charge is 0.480 e. The quantitative estimate of drug-likeness (QED) is 0.190. The highest BCUT2D eigenvalue weighted by Gasteiger charge is 2.33. The minimum atomic E-state index is -3.99. The Kier molecular flexibility index (Phi) is 9.02. The van der Waals surface area contributed by atoms with E-state index in [0.717, 1.165) is 31.8 Å². The van der Waals surface area contributed by atoms with E-state index in [1.165, 1.54) is 43.4 Å². The van der Waals surface area contributed by atoms with Crippen molar-refractivity contribution >= 4 is 49.1 Å². The van der Waals surface area contributed by atoms with Crippen LogP contribution in [0, 0.1) is 5.92 Å². The number of nitrogens with zero attached hydrogens (tertiary/aromatic N) is 1. The van der Waals surface area contributed by atoms with Crippen molar-refractivity contribution in [2.45, 2.75) is 59.2 Å². The summed E-state index contributed by atoms with van der Waals surface area (Å²) in [7, 11) is -3.99. The molecule has 3 aromatic carbocycles. The predicted molar refractivity (Wildman–Crippen MR) is 158 cm³/mol. The fourth-order valence-corrected chi connectivity index (χ4v) is 9.11. The number of carboxylic acids is 1. The second kappa shape index (κ2) is 12.6. The van der Waals surface area contributed by atoms with Crippen LogP contribution in [0.1, 0.15) is 48.6 Å². The first kappa shape index (κ1) is 27.8. The second-order valence-electron chi connectivity index (χ2n) is 10.0. The number of carbonyl (C=O) groups is 1. The van der Waals surface area contributed by atoms with Crippen LogP contribution in [0.25, 0.3) is 10.2 Å². The molecule has 0 saturated heterocycles. The molecule has 0 bridgehead atoms. The average molecular weight is 581 g/mol. The van der Waals surface area contributed by atoms with Gasteiger partial charge < -0.3 is 5.11 Å². The smallest absolute Gasteiger partial charge is 0.321 e. The van der Waals surface area contributed by atoms with E-state index >= 15 is 0 Å². The standard InChI is InChI=1S/C30H32N2O4S3/c33-29(34)26(18-21-10-4-1-5-11-21)31-28(23-14-8-3-9-15-23)39(35,36)24-16-17-25-27(19-24)38-30(32-25)37-20-22-12-6-2-7-13-22/h1,3-5,8-11,14-17,19,22,26,28,31H,2,6-7,12-13,18,20H2,(H,33,34)/t26-,28?/m1/s1. The Morgan fingerprint density at radius 2 is 1.69 bits per heavy atom. The first-order chi connectivity index (χ1) is 18.9. The van der Waals surface area contributed by atoms with Crippen molar-refractivity contribution in [3.05, 3.63) is 90.0 Å². The molecule has 5 rings (SSSR count). The van der Waals surface area contributed by atoms with E-state index in [2.05, 4.69) is 5.32 Å². The molecule has 2 N–H and O–H groups in total. The molecule has 6 nitrogen and oxygen atoms in total. The number of thiazole rings is 1. The minimum absolute atomic E-state index is 0.146. The topological polar surface area (TPSA) is 96.4 Å². The molecule has 1 aromatic heterocycles. The number of aliphatic carboxylic acids is 1. The zero-order valence-corrected chi connectivity index (χ0v) is 24.0. The third-order valence-corrected chi connectivity index (χ3v) is 11.5. The SMILES string of the molecule is O=C(O)[C@@H](Cc1ccccc1)NC(c1ccccc1)S(=O)(=O)c1ccc2nc(SCC3CCCCC3)sc2c1. The van der Waals surface area contributed by atoms with Crippen LogP contribution in [-0.2, 0) is 21.1 Å². The molecule has 39 heavy (non-hydrogen) atoms. The minimum Gasteiger partial charge on any atom is -0.480 e. The fourth-order valence-electron chi connectivity index (χ4n) is 5.04. The van der Waals surface area contributed by atoms with Gasteiger partial charge in [-0.3, -0.25) is 10.1 Å². The maximum Gasteiger partial charge on any atom is 0.321 e. The highest BCUT2D eigenvalue weighted by molar-refractivity contribution is 8.01. The predicted octanol–water partition coefficient (Wildman–Crippen LogP) is 6.73. The Labute approximate surface area is 237 Å². The normalized spacial score (nSPS) is 16.2. The lowest BCUT2D eigenvalue weighted by molar-refractivity contribution is -0.139. The molecule has 1 unspecified atom stereocenters. The van der Waals surface area contributed by atoms with Gasteiger partial charge in [-0.1, -0.05) is 91.7 Å². The van der Waals surface area contributed by atoms with E-state index in [4.69, 9.17) is 4.98 Å². The van der Waals surface area contributed by atoms with Crippen molar-refractivity contribution in [2.24, 2.45) is 5.92 Å². The van der Waals surface area contributed by atoms with Gasteiger partial charge in [0.05, 0.1) is 15.1 Å². The van der Waals surface area contributed by atoms with Crippen LogP contribution >= 0.6 is 23.1 Å². The van der Waals surface area contributed by atoms with Gasteiger partial charge in [-0.2, -0.15) is 0 Å². The molecule has 1 saturated carbocycles. The van der Waals surface area contributed by atoms with Crippen molar-refractivity contribution in [1.82, 2.24) is 10.3 Å². The Balaban J connectivity index is 1.42. The summed E-state index contributed by atoms with van der Waals surface area (Å²) in [6.45, 7) is 0. The van der Waals surface area contributed by atoms with Gasteiger partial charge in [0.2, 0.25) is 0 Å². The number of rotatable bonds is 11. The third-order valence-electron chi connectivity index (χ3n) is 7.18. The van der Waals surface area contributed by atoms with Crippen LogP contribution in [0.2, 0.25) is 0 Å². The van der Waals surface area contributed by atoms with Crippen LogP contribution < -0.4 is 5.32 Å². The van der Waals surface area contributed by atoms with Crippen LogP contribution in [0.4, 0.5) is 0 Å². The summed E-state index contributed by atoms with van der Waals surface area (Å²) < 4.78 is 29.9. The molecule has 9 heteroatoms. The Hall–Kier alpha value is -2.72. The van der Waals surface area contributed by atoms with Crippen molar-refractivity contribution in [1.29, 1.82) is 0 Å². The molecular formula is C30H32N2O4S3. The van der Waals surface area contributed by atoms with Gasteiger partial charge in [0.1, 0.15) is 11.4 Å². The first-order valence-corrected chi connectivity index (χ1v) is 16.6. The zero-order valence-electron chi connectivity index (χ0n) is 21.5. The monoisotopic (exact) mass is 580 g/mol. The summed E-state index contributed by atoms with van der Waals surface area (Å²) >= 11 is 3.28. The number of thioether (sulfide) groups is 1. The second-order valence-corrected chi connectivity index (χ2v) is 14.3. The lowest BCUT2D eigenvalue weighted by atomic mass is 9.91. The van der Waals surface area contributed by atoms with Gasteiger partial charge in [0.15, 0.2) is 14.2 Å². The maximum atomic E-state index is 14.0. The molecule has 0 radical (unpaired) electrons. The number of nitrogens with one attached hydrogen (secondary N) is 1. The van der Waals surface area contributed by atoms with Gasteiger partial charge in [-0.15, -0.1) is 11.3 Å². The van der Waals surface area contributed by atoms with Gasteiger partial charge >= 0.3 is 5.97 Å². The number of aromatic nitrogens is 1. The van der Waals surface area contributed by atoms with E-state index in [1.54, 1.807) is 54.2 Å². The summed E-state index contributed by atoms with van der Waals surface area (Å²) in [5.74, 6) is 0.665. The molecule has 1 aliphatic carbocycles. The number of hydrogen-bond acceptors (Lipinski definition) is 7. The number of carboxylic acid groups (broad SMARTS) is 1. The highest BCUT2D eigenvalue weighted by Crippen LogP contribution is 2.36. The van der Waals surface area contributed by atoms with Crippen molar-refractivity contribution in [2.75, 3.05) is 5.75 Å². The van der Waals surface area contributed by atoms with Gasteiger partial charge in [0, 0.05) is 5.75 Å². The van der Waals surface area contributed by atoms with E-state index in [1.807, 2.05) is 36.4 Å². The number of benzene rings is 3. The highest BCUT2D eigenvalue weighted by atomic mass is 32.2. The Morgan fingerprint density at radius 3 is 2.38 bits per heavy atom. The summed E-state index contributed by atoms with van der Waals surface area (Å²) in [4.78, 5) is 17.1. The third kappa shape index (κ3) is 6.90. The average Bonchev–Trinajstić information content (AvgIpc) is 3.38. The van der Waals surface area contributed by atoms with Gasteiger partial charge in [0.25, 0.3) is 0 Å². The van der Waals surface area contributed by atoms with Crippen LogP contribution in [-0.4, -0.2) is 36.3 Å². The van der Waals surface area contributed by atoms with Crippen LogP contribution in [0.3, 0.4) is 0 Å². The molecule has 0 aliphatic heterocycles. The van der Waals surface area contributed by atoms with Crippen LogP contribution in [0.5, 0.6) is 0 Å². The molecule has 204 valence electrons. The fraction of sp³-hybridized carbons (Fsp3) is 0.333. The van der Waals surface area contributed by atoms with E-state index < -0.39 is 27.2 Å². The van der Waals surface area contributed by atoms with Crippen molar-refractivity contribution in [3.8, 4) is 0 Å². The molecule has 1 heterocycles. The van der Waals surface area contributed by atoms with E-state index in [-0.39, 0.29) is 11.3 Å². The molecule has 1 fully saturated rings. The molecule has 2 atom stereocenters. The summed E-state index contributed by atoms with van der Waals surface area (Å²) in [6, 6.07) is 21.9.